The summed E-state index contributed by atoms with van der Waals surface area (Å²) in [6, 6.07) is 0. The van der Waals surface area contributed by atoms with Crippen LogP contribution in [-0.4, -0.2) is 81.4 Å². The van der Waals surface area contributed by atoms with Gasteiger partial charge >= 0.3 is 17.5 Å². The van der Waals surface area contributed by atoms with Crippen molar-refractivity contribution in [1.82, 2.24) is 30.8 Å². The van der Waals surface area contributed by atoms with Gasteiger partial charge in [-0.2, -0.15) is 4.63 Å². The Bertz CT molecular complexity index is 1020. The maximum Gasteiger partial charge on any atom is 0.447 e. The van der Waals surface area contributed by atoms with Crippen molar-refractivity contribution in [3.05, 3.63) is 32.9 Å². The fraction of sp³-hybridized carbons (Fsp3) is 0.636. The average molecular weight is 554 g/mol. The summed E-state index contributed by atoms with van der Waals surface area (Å²) >= 11 is 0. The van der Waals surface area contributed by atoms with E-state index in [0.29, 0.717) is 13.0 Å². The molecular weight excluding hydrogens is 514 g/mol. The Balaban J connectivity index is -0.000000461. The van der Waals surface area contributed by atoms with Gasteiger partial charge in [0.25, 0.3) is 0 Å². The average Bonchev–Trinajstić information content (AvgIpc) is 3.59. The van der Waals surface area contributed by atoms with Gasteiger partial charge in [0.1, 0.15) is 10.3 Å². The smallest absolute Gasteiger partial charge is 0.367 e. The van der Waals surface area contributed by atoms with Gasteiger partial charge < -0.3 is 41.1 Å². The van der Waals surface area contributed by atoms with E-state index in [4.69, 9.17) is 18.9 Å². The lowest BCUT2D eigenvalue weighted by molar-refractivity contribution is -0.389. The van der Waals surface area contributed by atoms with Gasteiger partial charge in [0.15, 0.2) is 5.78 Å². The summed E-state index contributed by atoms with van der Waals surface area (Å²) in [4.78, 5) is 38.5. The zero-order valence-corrected chi connectivity index (χ0v) is 22.3. The SMILES string of the molecule is C.CCN(CC)CC.CCNC(=O)CN.[C-]#[N+]c1nonc1NCC(=O)CCC.[C-]#[N+]c1nonc1[N+](=O)[O-]. The van der Waals surface area contributed by atoms with Crippen LogP contribution in [0.3, 0.4) is 0 Å². The standard InChI is InChI=1S/C8H10N4O2.C6H15N.C4H10N2O.C3N4O3.CH4/c1-3-4-6(13)5-10-8-7(9-2)11-14-12-8;1-4-7(5-2)6-3;1-2-6-4(7)3-5;1-4-2-3(7(8)9)6-10-5-2;/h3-5H2,1H3,(H,10,12);4-6H2,1-3H3;2-3,5H2,1H3,(H,6,7);;1H4. The van der Waals surface area contributed by atoms with Gasteiger partial charge in [0, 0.05) is 13.0 Å². The van der Waals surface area contributed by atoms with E-state index >= 15 is 0 Å². The van der Waals surface area contributed by atoms with Crippen molar-refractivity contribution in [1.29, 1.82) is 0 Å². The maximum absolute atomic E-state index is 11.1. The summed E-state index contributed by atoms with van der Waals surface area (Å²) < 4.78 is 8.28. The maximum atomic E-state index is 11.1. The minimum atomic E-state index is -0.829. The molecule has 0 aromatic carbocycles. The minimum absolute atomic E-state index is 0. The van der Waals surface area contributed by atoms with Crippen LogP contribution in [0, 0.1) is 23.3 Å². The first-order valence-corrected chi connectivity index (χ1v) is 11.7. The Morgan fingerprint density at radius 2 is 1.54 bits per heavy atom. The number of aromatic nitrogens is 4. The number of nitrogens with zero attached hydrogens (tertiary/aromatic N) is 8. The van der Waals surface area contributed by atoms with Crippen molar-refractivity contribution in [2.75, 3.05) is 44.6 Å². The number of hydrogen-bond donors (Lipinski definition) is 3. The third kappa shape index (κ3) is 18.4. The number of Topliss-reactive ketones (excluding diaryl/α,β-unsaturated/α-hetero) is 1. The van der Waals surface area contributed by atoms with E-state index in [1.165, 1.54) is 19.6 Å². The fourth-order valence-electron chi connectivity index (χ4n) is 2.22. The molecule has 1 amide bonds. The van der Waals surface area contributed by atoms with E-state index in [2.05, 4.69) is 75.9 Å². The van der Waals surface area contributed by atoms with Crippen LogP contribution in [-0.2, 0) is 9.59 Å². The highest BCUT2D eigenvalue weighted by atomic mass is 16.6. The first-order chi connectivity index (χ1) is 18.2. The Kier molecular flexibility index (Phi) is 25.2. The van der Waals surface area contributed by atoms with Crippen molar-refractivity contribution in [2.45, 2.75) is 54.9 Å². The molecule has 2 aromatic rings. The topological polar surface area (TPSA) is 217 Å². The molecule has 2 aromatic heterocycles. The Labute approximate surface area is 228 Å². The fourth-order valence-corrected chi connectivity index (χ4v) is 2.22. The Morgan fingerprint density at radius 1 is 1.00 bits per heavy atom. The first kappa shape index (κ1) is 39.0. The zero-order valence-electron chi connectivity index (χ0n) is 22.3. The molecule has 0 unspecified atom stereocenters. The summed E-state index contributed by atoms with van der Waals surface area (Å²) in [5, 5.41) is 27.8. The highest BCUT2D eigenvalue weighted by Crippen LogP contribution is 2.20. The number of likely N-dealkylation sites (N-methyl/N-ethyl adjacent to an activating group) is 1. The molecule has 0 atom stereocenters. The molecule has 218 valence electrons. The number of amides is 1. The molecule has 0 aliphatic rings. The van der Waals surface area contributed by atoms with Crippen LogP contribution in [0.15, 0.2) is 9.26 Å². The number of nitrogens with one attached hydrogen (secondary N) is 2. The second kappa shape index (κ2) is 25.2. The molecule has 2 heterocycles. The van der Waals surface area contributed by atoms with E-state index in [9.17, 15) is 19.7 Å². The van der Waals surface area contributed by atoms with Crippen molar-refractivity contribution in [3.63, 3.8) is 0 Å². The molecule has 4 N–H and O–H groups in total. The van der Waals surface area contributed by atoms with E-state index in [1.807, 2.05) is 13.8 Å². The number of carbonyl (C=O) groups excluding carboxylic acids is 2. The quantitative estimate of drug-likeness (QED) is 0.207. The number of nitrogens with two attached hydrogens (primary N) is 1. The number of nitro groups is 1. The molecule has 0 bridgehead atoms. The molecule has 17 heteroatoms. The van der Waals surface area contributed by atoms with Crippen LogP contribution in [0.2, 0.25) is 0 Å². The number of carbonyl (C=O) groups is 2. The number of hydrogen-bond acceptors (Lipinski definition) is 13. The number of rotatable bonds is 11. The lowest BCUT2D eigenvalue weighted by atomic mass is 10.2. The number of ketones is 1. The largest absolute Gasteiger partial charge is 0.447 e. The summed E-state index contributed by atoms with van der Waals surface area (Å²) in [6.07, 6.45) is 1.33. The second-order valence-corrected chi connectivity index (χ2v) is 6.75. The summed E-state index contributed by atoms with van der Waals surface area (Å²) in [7, 11) is 0. The van der Waals surface area contributed by atoms with Crippen LogP contribution in [0.25, 0.3) is 9.69 Å². The van der Waals surface area contributed by atoms with Gasteiger partial charge in [0.2, 0.25) is 16.9 Å². The molecule has 39 heavy (non-hydrogen) atoms. The van der Waals surface area contributed by atoms with E-state index in [0.717, 1.165) is 6.42 Å². The Morgan fingerprint density at radius 3 is 1.90 bits per heavy atom. The van der Waals surface area contributed by atoms with Gasteiger partial charge in [-0.05, 0) is 47.7 Å². The van der Waals surface area contributed by atoms with Gasteiger partial charge in [-0.15, -0.1) is 0 Å². The van der Waals surface area contributed by atoms with Crippen molar-refractivity contribution in [2.24, 2.45) is 5.73 Å². The molecule has 0 fully saturated rings. The summed E-state index contributed by atoms with van der Waals surface area (Å²) in [5.41, 5.74) is 4.95. The third-order valence-electron chi connectivity index (χ3n) is 4.19. The van der Waals surface area contributed by atoms with Gasteiger partial charge in [0.05, 0.1) is 13.1 Å². The van der Waals surface area contributed by atoms with Crippen molar-refractivity contribution >= 4 is 35.0 Å². The third-order valence-corrected chi connectivity index (χ3v) is 4.19. The van der Waals surface area contributed by atoms with Gasteiger partial charge in [-0.1, -0.05) is 48.3 Å². The molecule has 0 saturated heterocycles. The Hall–Kier alpha value is -4.48. The summed E-state index contributed by atoms with van der Waals surface area (Å²) in [6.45, 7) is 27.9. The molecule has 0 aliphatic carbocycles. The van der Waals surface area contributed by atoms with E-state index in [1.54, 1.807) is 0 Å². The van der Waals surface area contributed by atoms with Crippen LogP contribution in [0.5, 0.6) is 0 Å². The normalized spacial score (nSPS) is 8.95. The van der Waals surface area contributed by atoms with Crippen LogP contribution < -0.4 is 16.4 Å². The molecule has 0 aliphatic heterocycles. The molecule has 0 spiro atoms. The predicted molar refractivity (Wildman–Crippen MR) is 144 cm³/mol. The predicted octanol–water partition coefficient (Wildman–Crippen LogP) is 3.00. The van der Waals surface area contributed by atoms with Crippen LogP contribution >= 0.6 is 0 Å². The molecule has 0 radical (unpaired) electrons. The number of anilines is 1. The van der Waals surface area contributed by atoms with Gasteiger partial charge in [-0.3, -0.25) is 9.59 Å². The van der Waals surface area contributed by atoms with Crippen LogP contribution in [0.1, 0.15) is 54.9 Å². The van der Waals surface area contributed by atoms with E-state index < -0.39 is 16.6 Å². The molecular formula is C22H39N11O6. The second-order valence-electron chi connectivity index (χ2n) is 6.75. The van der Waals surface area contributed by atoms with Gasteiger partial charge in [-0.25, -0.2) is 0 Å². The lowest BCUT2D eigenvalue weighted by Gasteiger charge is -2.13. The zero-order chi connectivity index (χ0) is 29.3. The van der Waals surface area contributed by atoms with Crippen LogP contribution in [0.4, 0.5) is 23.3 Å². The minimum Gasteiger partial charge on any atom is -0.367 e. The monoisotopic (exact) mass is 553 g/mol. The highest BCUT2D eigenvalue weighted by Gasteiger charge is 2.23. The molecule has 2 rings (SSSR count). The van der Waals surface area contributed by atoms with Crippen molar-refractivity contribution in [3.8, 4) is 0 Å². The molecule has 17 nitrogen and oxygen atoms in total. The summed E-state index contributed by atoms with van der Waals surface area (Å²) in [5.74, 6) is -0.812. The van der Waals surface area contributed by atoms with Crippen molar-refractivity contribution < 1.29 is 23.8 Å². The highest BCUT2D eigenvalue weighted by molar-refractivity contribution is 5.83. The lowest BCUT2D eigenvalue weighted by Crippen LogP contribution is -2.29. The van der Waals surface area contributed by atoms with E-state index in [-0.39, 0.29) is 43.8 Å². The molecule has 0 saturated carbocycles. The first-order valence-electron chi connectivity index (χ1n) is 11.7.